The first-order valence-electron chi connectivity index (χ1n) is 7.36. The summed E-state index contributed by atoms with van der Waals surface area (Å²) in [5, 5.41) is 5.42. The van der Waals surface area contributed by atoms with Crippen molar-refractivity contribution in [1.82, 2.24) is 15.5 Å². The van der Waals surface area contributed by atoms with Gasteiger partial charge in [-0.2, -0.15) is 0 Å². The van der Waals surface area contributed by atoms with Crippen molar-refractivity contribution in [3.05, 3.63) is 48.2 Å². The molecule has 3 rings (SSSR count). The van der Waals surface area contributed by atoms with Crippen LogP contribution in [0.1, 0.15) is 10.6 Å². The number of hydrogen-bond donors (Lipinski definition) is 2. The number of urea groups is 1. The summed E-state index contributed by atoms with van der Waals surface area (Å²) in [6, 6.07) is 12.2. The van der Waals surface area contributed by atoms with Crippen LogP contribution in [0.25, 0.3) is 0 Å². The summed E-state index contributed by atoms with van der Waals surface area (Å²) < 4.78 is 10.9. The summed E-state index contributed by atoms with van der Waals surface area (Å²) in [7, 11) is 0. The molecule has 0 atom stereocenters. The van der Waals surface area contributed by atoms with Crippen LogP contribution in [-0.2, 0) is 0 Å². The third-order valence-corrected chi connectivity index (χ3v) is 3.38. The summed E-state index contributed by atoms with van der Waals surface area (Å²) in [6.07, 6.45) is 0. The molecule has 2 N–H and O–H groups in total. The summed E-state index contributed by atoms with van der Waals surface area (Å²) in [5.41, 5.74) is 0. The third kappa shape index (κ3) is 3.82. The van der Waals surface area contributed by atoms with Crippen molar-refractivity contribution in [2.45, 2.75) is 0 Å². The Morgan fingerprint density at radius 3 is 2.83 bits per heavy atom. The number of carbonyl (C=O) groups excluding carboxylic acids is 2. The molecule has 0 aliphatic carbocycles. The maximum Gasteiger partial charge on any atom is 0.317 e. The van der Waals surface area contributed by atoms with Crippen molar-refractivity contribution in [2.24, 2.45) is 0 Å². The fourth-order valence-corrected chi connectivity index (χ4v) is 2.22. The lowest BCUT2D eigenvalue weighted by Gasteiger charge is -2.13. The zero-order valence-electron chi connectivity index (χ0n) is 12.5. The van der Waals surface area contributed by atoms with Crippen LogP contribution in [0.15, 0.2) is 46.9 Å². The smallest absolute Gasteiger partial charge is 0.317 e. The number of para-hydroxylation sites is 1. The predicted octanol–water partition coefficient (Wildman–Crippen LogP) is 1.83. The van der Waals surface area contributed by atoms with Gasteiger partial charge in [-0.05, 0) is 18.2 Å². The molecule has 1 saturated heterocycles. The average Bonchev–Trinajstić information content (AvgIpc) is 3.18. The molecule has 1 aromatic carbocycles. The van der Waals surface area contributed by atoms with Gasteiger partial charge in [0.2, 0.25) is 0 Å². The average molecular weight is 315 g/mol. The van der Waals surface area contributed by atoms with Gasteiger partial charge in [0.05, 0.1) is 0 Å². The Balaban J connectivity index is 1.49. The van der Waals surface area contributed by atoms with Crippen molar-refractivity contribution >= 4 is 11.9 Å². The number of rotatable bonds is 6. The monoisotopic (exact) mass is 315 g/mol. The highest BCUT2D eigenvalue weighted by Crippen LogP contribution is 2.23. The maximum atomic E-state index is 12.0. The van der Waals surface area contributed by atoms with E-state index < -0.39 is 0 Å². The van der Waals surface area contributed by atoms with E-state index in [1.54, 1.807) is 29.2 Å². The summed E-state index contributed by atoms with van der Waals surface area (Å²) in [6.45, 7) is 2.13. The van der Waals surface area contributed by atoms with Crippen LogP contribution >= 0.6 is 0 Å². The largest absolute Gasteiger partial charge is 0.426 e. The molecule has 0 saturated carbocycles. The molecule has 120 valence electrons. The predicted molar refractivity (Wildman–Crippen MR) is 82.5 cm³/mol. The molecule has 3 amide bonds. The highest BCUT2D eigenvalue weighted by atomic mass is 16.6. The van der Waals surface area contributed by atoms with E-state index in [1.165, 1.54) is 0 Å². The second kappa shape index (κ2) is 6.87. The van der Waals surface area contributed by atoms with E-state index >= 15 is 0 Å². The first-order chi connectivity index (χ1) is 11.2. The highest BCUT2D eigenvalue weighted by Gasteiger charge is 2.19. The van der Waals surface area contributed by atoms with Gasteiger partial charge < -0.3 is 24.7 Å². The first kappa shape index (κ1) is 15.0. The number of carbonyl (C=O) groups is 2. The van der Waals surface area contributed by atoms with Crippen molar-refractivity contribution in [3.63, 3.8) is 0 Å². The second-order valence-corrected chi connectivity index (χ2v) is 5.01. The van der Waals surface area contributed by atoms with Gasteiger partial charge in [0, 0.05) is 32.2 Å². The summed E-state index contributed by atoms with van der Waals surface area (Å²) in [4.78, 5) is 25.0. The SMILES string of the molecule is O=C(NCCN1CCNC1=O)c1ccc(Oc2ccccc2)o1. The summed E-state index contributed by atoms with van der Waals surface area (Å²) in [5.74, 6) is 0.712. The molecule has 0 spiro atoms. The van der Waals surface area contributed by atoms with Gasteiger partial charge >= 0.3 is 6.03 Å². The minimum absolute atomic E-state index is 0.101. The molecule has 1 fully saturated rings. The van der Waals surface area contributed by atoms with Crippen LogP contribution < -0.4 is 15.4 Å². The van der Waals surface area contributed by atoms with E-state index in [0.29, 0.717) is 31.9 Å². The maximum absolute atomic E-state index is 12.0. The molecule has 7 heteroatoms. The molecule has 1 aliphatic heterocycles. The van der Waals surface area contributed by atoms with E-state index in [1.807, 2.05) is 18.2 Å². The number of nitrogens with zero attached hydrogens (tertiary/aromatic N) is 1. The number of ether oxygens (including phenoxy) is 1. The highest BCUT2D eigenvalue weighted by molar-refractivity contribution is 5.91. The molecular formula is C16H17N3O4. The standard InChI is InChI=1S/C16H17N3O4/c20-15(17-8-10-19-11-9-18-16(19)21)13-6-7-14(23-13)22-12-4-2-1-3-5-12/h1-7H,8-11H2,(H,17,20)(H,18,21). The Kier molecular flexibility index (Phi) is 4.46. The van der Waals surface area contributed by atoms with Gasteiger partial charge in [0.15, 0.2) is 5.76 Å². The topological polar surface area (TPSA) is 83.8 Å². The van der Waals surface area contributed by atoms with E-state index in [4.69, 9.17) is 9.15 Å². The van der Waals surface area contributed by atoms with Crippen LogP contribution in [0.4, 0.5) is 4.79 Å². The van der Waals surface area contributed by atoms with Gasteiger partial charge in [0.1, 0.15) is 5.75 Å². The normalized spacial score (nSPS) is 13.7. The van der Waals surface area contributed by atoms with Gasteiger partial charge in [-0.3, -0.25) is 4.79 Å². The van der Waals surface area contributed by atoms with Crippen LogP contribution in [0.2, 0.25) is 0 Å². The first-order valence-corrected chi connectivity index (χ1v) is 7.36. The van der Waals surface area contributed by atoms with E-state index in [0.717, 1.165) is 0 Å². The molecular weight excluding hydrogens is 298 g/mol. The molecule has 2 aromatic rings. The lowest BCUT2D eigenvalue weighted by Crippen LogP contribution is -2.36. The van der Waals surface area contributed by atoms with Crippen LogP contribution in [0.5, 0.6) is 11.7 Å². The van der Waals surface area contributed by atoms with Crippen LogP contribution in [-0.4, -0.2) is 43.0 Å². The number of furan rings is 1. The lowest BCUT2D eigenvalue weighted by molar-refractivity contribution is 0.0917. The molecule has 1 aromatic heterocycles. The van der Waals surface area contributed by atoms with Gasteiger partial charge in [0.25, 0.3) is 11.9 Å². The minimum atomic E-state index is -0.340. The molecule has 0 radical (unpaired) electrons. The Bertz CT molecular complexity index is 684. The minimum Gasteiger partial charge on any atom is -0.426 e. The lowest BCUT2D eigenvalue weighted by atomic mass is 10.3. The Morgan fingerprint density at radius 1 is 1.26 bits per heavy atom. The van der Waals surface area contributed by atoms with Gasteiger partial charge in [-0.25, -0.2) is 4.79 Å². The zero-order chi connectivity index (χ0) is 16.1. The van der Waals surface area contributed by atoms with Gasteiger partial charge in [-0.1, -0.05) is 18.2 Å². The Morgan fingerprint density at radius 2 is 2.09 bits per heavy atom. The molecule has 0 bridgehead atoms. The molecule has 1 aliphatic rings. The second-order valence-electron chi connectivity index (χ2n) is 5.01. The van der Waals surface area contributed by atoms with Gasteiger partial charge in [-0.15, -0.1) is 0 Å². The zero-order valence-corrected chi connectivity index (χ0v) is 12.5. The molecule has 23 heavy (non-hydrogen) atoms. The number of nitrogens with one attached hydrogen (secondary N) is 2. The van der Waals surface area contributed by atoms with Crippen molar-refractivity contribution in [3.8, 4) is 11.7 Å². The Hall–Kier alpha value is -2.96. The van der Waals surface area contributed by atoms with E-state index in [-0.39, 0.29) is 23.6 Å². The molecule has 7 nitrogen and oxygen atoms in total. The number of benzene rings is 1. The van der Waals surface area contributed by atoms with Crippen molar-refractivity contribution in [1.29, 1.82) is 0 Å². The van der Waals surface area contributed by atoms with Crippen molar-refractivity contribution < 1.29 is 18.7 Å². The quantitative estimate of drug-likeness (QED) is 0.852. The third-order valence-electron chi connectivity index (χ3n) is 3.38. The fraction of sp³-hybridized carbons (Fsp3) is 0.250. The fourth-order valence-electron chi connectivity index (χ4n) is 2.22. The van der Waals surface area contributed by atoms with E-state index in [2.05, 4.69) is 10.6 Å². The molecule has 2 heterocycles. The number of hydrogen-bond acceptors (Lipinski definition) is 4. The summed E-state index contributed by atoms with van der Waals surface area (Å²) >= 11 is 0. The van der Waals surface area contributed by atoms with E-state index in [9.17, 15) is 9.59 Å². The van der Waals surface area contributed by atoms with Crippen LogP contribution in [0, 0.1) is 0 Å². The number of amides is 3. The Labute approximate surface area is 133 Å². The molecule has 0 unspecified atom stereocenters. The van der Waals surface area contributed by atoms with Crippen LogP contribution in [0.3, 0.4) is 0 Å². The van der Waals surface area contributed by atoms with Crippen molar-refractivity contribution in [2.75, 3.05) is 26.2 Å².